The highest BCUT2D eigenvalue weighted by atomic mass is 32.2. The Labute approximate surface area is 148 Å². The summed E-state index contributed by atoms with van der Waals surface area (Å²) in [4.78, 5) is -0.580. The summed E-state index contributed by atoms with van der Waals surface area (Å²) in [6, 6.07) is 9.97. The predicted molar refractivity (Wildman–Crippen MR) is 89.1 cm³/mol. The van der Waals surface area contributed by atoms with Gasteiger partial charge in [-0.25, -0.2) is 12.8 Å². The summed E-state index contributed by atoms with van der Waals surface area (Å²) >= 11 is 0. The molecule has 0 spiro atoms. The lowest BCUT2D eigenvalue weighted by atomic mass is 10.0. The Balaban J connectivity index is 2.33. The van der Waals surface area contributed by atoms with Crippen LogP contribution in [0.15, 0.2) is 47.4 Å². The summed E-state index contributed by atoms with van der Waals surface area (Å²) in [6.07, 6.45) is -2.43. The first kappa shape index (κ1) is 19.7. The van der Waals surface area contributed by atoms with Gasteiger partial charge in [0.15, 0.2) is 9.84 Å². The van der Waals surface area contributed by atoms with E-state index in [0.29, 0.717) is 11.1 Å². The van der Waals surface area contributed by atoms with Gasteiger partial charge in [0.05, 0.1) is 5.56 Å². The molecule has 2 aromatic rings. The summed E-state index contributed by atoms with van der Waals surface area (Å²) < 4.78 is 74.5. The molecule has 0 atom stereocenters. The lowest BCUT2D eigenvalue weighted by Crippen LogP contribution is -2.04. The Kier molecular flexibility index (Phi) is 5.52. The van der Waals surface area contributed by atoms with E-state index in [1.807, 2.05) is 0 Å². The van der Waals surface area contributed by atoms with Crippen LogP contribution in [0, 0.1) is 17.1 Å². The minimum atomic E-state index is -4.42. The van der Waals surface area contributed by atoms with Gasteiger partial charge in [0.1, 0.15) is 16.8 Å². The number of hydrogen-bond acceptors (Lipinski definition) is 3. The Morgan fingerprint density at radius 1 is 1.12 bits per heavy atom. The van der Waals surface area contributed by atoms with Gasteiger partial charge in [0.25, 0.3) is 0 Å². The minimum absolute atomic E-state index is 0.0867. The number of allylic oxidation sites excluding steroid dienone is 1. The second-order valence-corrected chi connectivity index (χ2v) is 7.60. The van der Waals surface area contributed by atoms with E-state index < -0.39 is 32.3 Å². The average molecular weight is 383 g/mol. The van der Waals surface area contributed by atoms with E-state index in [2.05, 4.69) is 0 Å². The maximum absolute atomic E-state index is 13.9. The third kappa shape index (κ3) is 4.92. The zero-order valence-electron chi connectivity index (χ0n) is 13.5. The maximum atomic E-state index is 13.9. The lowest BCUT2D eigenvalue weighted by molar-refractivity contribution is -0.137. The fourth-order valence-corrected chi connectivity index (χ4v) is 2.73. The Morgan fingerprint density at radius 2 is 1.69 bits per heavy atom. The van der Waals surface area contributed by atoms with Crippen LogP contribution in [0.4, 0.5) is 17.6 Å². The van der Waals surface area contributed by atoms with Gasteiger partial charge in [0, 0.05) is 11.8 Å². The van der Waals surface area contributed by atoms with Crippen LogP contribution in [0.1, 0.15) is 22.3 Å². The molecule has 26 heavy (non-hydrogen) atoms. The molecule has 2 rings (SSSR count). The molecule has 0 N–H and O–H groups in total. The zero-order valence-corrected chi connectivity index (χ0v) is 14.3. The van der Waals surface area contributed by atoms with E-state index in [-0.39, 0.29) is 12.0 Å². The molecule has 0 saturated carbocycles. The van der Waals surface area contributed by atoms with Crippen molar-refractivity contribution in [2.75, 3.05) is 6.26 Å². The number of benzene rings is 2. The second kappa shape index (κ2) is 7.30. The van der Waals surface area contributed by atoms with Crippen LogP contribution in [0.2, 0.25) is 0 Å². The largest absolute Gasteiger partial charge is 0.416 e. The van der Waals surface area contributed by atoms with Crippen molar-refractivity contribution in [3.63, 3.8) is 0 Å². The van der Waals surface area contributed by atoms with E-state index in [1.165, 1.54) is 30.3 Å². The van der Waals surface area contributed by atoms with Gasteiger partial charge in [0.2, 0.25) is 0 Å². The molecule has 0 radical (unpaired) electrons. The lowest BCUT2D eigenvalue weighted by Gasteiger charge is -2.08. The molecule has 3 nitrogen and oxygen atoms in total. The van der Waals surface area contributed by atoms with Gasteiger partial charge in [-0.2, -0.15) is 18.4 Å². The third-order valence-electron chi connectivity index (χ3n) is 3.55. The first-order valence-electron chi connectivity index (χ1n) is 7.27. The van der Waals surface area contributed by atoms with Crippen molar-refractivity contribution in [1.29, 1.82) is 5.26 Å². The third-order valence-corrected chi connectivity index (χ3v) is 4.55. The van der Waals surface area contributed by atoms with Gasteiger partial charge in [-0.05, 0) is 47.9 Å². The SMILES string of the molecule is CS(=O)(=O)/C(C#N)=C/c1cc(Cc2ccc(C(F)(F)F)cc2)ccc1F. The topological polar surface area (TPSA) is 57.9 Å². The molecule has 0 aliphatic heterocycles. The highest BCUT2D eigenvalue weighted by molar-refractivity contribution is 7.95. The molecule has 0 aromatic heterocycles. The summed E-state index contributed by atoms with van der Waals surface area (Å²) in [5.41, 5.74) is 0.276. The number of alkyl halides is 3. The van der Waals surface area contributed by atoms with Crippen LogP contribution in [0.3, 0.4) is 0 Å². The standard InChI is InChI=1S/C18H13F4NO2S/c1-26(24,25)16(11-23)10-14-9-13(4-7-17(14)19)8-12-2-5-15(6-3-12)18(20,21)22/h2-7,9-10H,8H2,1H3/b16-10+. The van der Waals surface area contributed by atoms with Crippen molar-refractivity contribution in [2.24, 2.45) is 0 Å². The molecular weight excluding hydrogens is 370 g/mol. The first-order chi connectivity index (χ1) is 12.0. The smallest absolute Gasteiger partial charge is 0.223 e. The highest BCUT2D eigenvalue weighted by Gasteiger charge is 2.29. The maximum Gasteiger partial charge on any atom is 0.416 e. The average Bonchev–Trinajstić information content (AvgIpc) is 2.53. The van der Waals surface area contributed by atoms with Crippen LogP contribution >= 0.6 is 0 Å². The van der Waals surface area contributed by atoms with Crippen LogP contribution in [-0.2, 0) is 22.4 Å². The Hall–Kier alpha value is -2.66. The molecule has 0 fully saturated rings. The predicted octanol–water partition coefficient (Wildman–Crippen LogP) is 4.34. The van der Waals surface area contributed by atoms with E-state index in [1.54, 1.807) is 0 Å². The Bertz CT molecular complexity index is 985. The molecule has 0 saturated heterocycles. The molecule has 136 valence electrons. The van der Waals surface area contributed by atoms with Gasteiger partial charge in [-0.3, -0.25) is 0 Å². The molecule has 0 bridgehead atoms. The summed E-state index contributed by atoms with van der Waals surface area (Å²) in [7, 11) is -3.79. The fourth-order valence-electron chi connectivity index (χ4n) is 2.22. The molecule has 8 heteroatoms. The normalized spacial score (nSPS) is 12.7. The fraction of sp³-hybridized carbons (Fsp3) is 0.167. The van der Waals surface area contributed by atoms with Crippen molar-refractivity contribution >= 4 is 15.9 Å². The number of nitrogens with zero attached hydrogens (tertiary/aromatic N) is 1. The van der Waals surface area contributed by atoms with Crippen LogP contribution < -0.4 is 0 Å². The molecule has 2 aromatic carbocycles. The quantitative estimate of drug-likeness (QED) is 0.583. The van der Waals surface area contributed by atoms with E-state index in [0.717, 1.165) is 30.5 Å². The van der Waals surface area contributed by atoms with Crippen molar-refractivity contribution in [3.8, 4) is 6.07 Å². The van der Waals surface area contributed by atoms with Crippen molar-refractivity contribution in [3.05, 3.63) is 75.4 Å². The van der Waals surface area contributed by atoms with Crippen molar-refractivity contribution in [2.45, 2.75) is 12.6 Å². The molecule has 0 unspecified atom stereocenters. The monoisotopic (exact) mass is 383 g/mol. The van der Waals surface area contributed by atoms with E-state index in [4.69, 9.17) is 5.26 Å². The summed E-state index contributed by atoms with van der Waals surface area (Å²) in [6.45, 7) is 0. The van der Waals surface area contributed by atoms with Crippen molar-refractivity contribution < 1.29 is 26.0 Å². The van der Waals surface area contributed by atoms with Gasteiger partial charge in [-0.1, -0.05) is 18.2 Å². The number of sulfone groups is 1. The van der Waals surface area contributed by atoms with Crippen LogP contribution in [0.25, 0.3) is 6.08 Å². The van der Waals surface area contributed by atoms with Gasteiger partial charge >= 0.3 is 6.18 Å². The molecule has 0 amide bonds. The van der Waals surface area contributed by atoms with Crippen LogP contribution in [0.5, 0.6) is 0 Å². The second-order valence-electron chi connectivity index (χ2n) is 5.62. The van der Waals surface area contributed by atoms with E-state index >= 15 is 0 Å². The molecule has 0 aliphatic carbocycles. The zero-order chi connectivity index (χ0) is 19.5. The summed E-state index contributed by atoms with van der Waals surface area (Å²) in [5.74, 6) is -0.711. The number of halogens is 4. The molecule has 0 aliphatic rings. The number of nitriles is 1. The number of rotatable bonds is 4. The Morgan fingerprint density at radius 3 is 2.19 bits per heavy atom. The van der Waals surface area contributed by atoms with Crippen LogP contribution in [-0.4, -0.2) is 14.7 Å². The van der Waals surface area contributed by atoms with Gasteiger partial charge in [-0.15, -0.1) is 0 Å². The molecular formula is C18H13F4NO2S. The number of hydrogen-bond donors (Lipinski definition) is 0. The molecule has 0 heterocycles. The summed E-state index contributed by atoms with van der Waals surface area (Å²) in [5, 5.41) is 8.90. The minimum Gasteiger partial charge on any atom is -0.223 e. The first-order valence-corrected chi connectivity index (χ1v) is 9.16. The van der Waals surface area contributed by atoms with Gasteiger partial charge < -0.3 is 0 Å². The van der Waals surface area contributed by atoms with Crippen molar-refractivity contribution in [1.82, 2.24) is 0 Å². The van der Waals surface area contributed by atoms with E-state index in [9.17, 15) is 26.0 Å². The highest BCUT2D eigenvalue weighted by Crippen LogP contribution is 2.29.